The minimum atomic E-state index is 0.0687. The fourth-order valence-corrected chi connectivity index (χ4v) is 2.55. The Balaban J connectivity index is 1.88. The van der Waals surface area contributed by atoms with Gasteiger partial charge in [0.25, 0.3) is 0 Å². The van der Waals surface area contributed by atoms with Gasteiger partial charge in [-0.15, -0.1) is 10.2 Å². The van der Waals surface area contributed by atoms with E-state index in [0.717, 1.165) is 24.0 Å². The molecule has 0 amide bonds. The van der Waals surface area contributed by atoms with E-state index in [9.17, 15) is 5.11 Å². The fourth-order valence-electron chi connectivity index (χ4n) is 2.55. The minimum Gasteiger partial charge on any atom is -0.507 e. The van der Waals surface area contributed by atoms with Crippen molar-refractivity contribution in [2.75, 3.05) is 13.6 Å². The number of hydrogen-bond donors (Lipinski definition) is 3. The van der Waals surface area contributed by atoms with Crippen molar-refractivity contribution in [1.82, 2.24) is 15.1 Å². The molecular formula is C19H19N5O. The SMILES string of the molecule is CN1C=CC(c2ccc(-c3ccc(/C(C=N)=C/N)cc3O)nn2)=CC1. The Morgan fingerprint density at radius 2 is 2.00 bits per heavy atom. The van der Waals surface area contributed by atoms with Gasteiger partial charge in [-0.2, -0.15) is 0 Å². The Morgan fingerprint density at radius 3 is 2.56 bits per heavy atom. The van der Waals surface area contributed by atoms with E-state index >= 15 is 0 Å². The van der Waals surface area contributed by atoms with E-state index in [-0.39, 0.29) is 5.75 Å². The van der Waals surface area contributed by atoms with Crippen molar-refractivity contribution in [1.29, 1.82) is 5.41 Å². The molecule has 126 valence electrons. The second-order valence-electron chi connectivity index (χ2n) is 5.72. The van der Waals surface area contributed by atoms with Crippen LogP contribution in [0.15, 0.2) is 54.9 Å². The quantitative estimate of drug-likeness (QED) is 0.747. The summed E-state index contributed by atoms with van der Waals surface area (Å²) in [6.45, 7) is 0.835. The molecule has 1 aliphatic rings. The summed E-state index contributed by atoms with van der Waals surface area (Å²) in [5.41, 5.74) is 9.67. The Hall–Kier alpha value is -3.41. The Morgan fingerprint density at radius 1 is 1.24 bits per heavy atom. The fraction of sp³-hybridized carbons (Fsp3) is 0.105. The minimum absolute atomic E-state index is 0.0687. The number of nitrogens with one attached hydrogen (secondary N) is 1. The van der Waals surface area contributed by atoms with E-state index in [2.05, 4.69) is 21.2 Å². The van der Waals surface area contributed by atoms with Crippen molar-refractivity contribution < 1.29 is 5.11 Å². The second kappa shape index (κ2) is 7.00. The molecule has 2 heterocycles. The Labute approximate surface area is 146 Å². The smallest absolute Gasteiger partial charge is 0.125 e. The summed E-state index contributed by atoms with van der Waals surface area (Å²) < 4.78 is 0. The van der Waals surface area contributed by atoms with Crippen LogP contribution in [0.2, 0.25) is 0 Å². The number of rotatable bonds is 4. The van der Waals surface area contributed by atoms with Gasteiger partial charge in [-0.3, -0.25) is 0 Å². The third-order valence-electron chi connectivity index (χ3n) is 4.01. The van der Waals surface area contributed by atoms with Gasteiger partial charge in [-0.25, -0.2) is 0 Å². The average Bonchev–Trinajstić information content (AvgIpc) is 2.64. The van der Waals surface area contributed by atoms with Gasteiger partial charge < -0.3 is 21.1 Å². The number of likely N-dealkylation sites (N-methyl/N-ethyl adjacent to an activating group) is 1. The maximum absolute atomic E-state index is 10.3. The van der Waals surface area contributed by atoms with Crippen molar-refractivity contribution >= 4 is 17.4 Å². The van der Waals surface area contributed by atoms with Crippen molar-refractivity contribution in [3.05, 3.63) is 66.1 Å². The second-order valence-corrected chi connectivity index (χ2v) is 5.72. The van der Waals surface area contributed by atoms with Crippen LogP contribution in [0.5, 0.6) is 5.75 Å². The highest BCUT2D eigenvalue weighted by molar-refractivity contribution is 6.08. The molecule has 0 bridgehead atoms. The molecule has 0 radical (unpaired) electrons. The zero-order valence-corrected chi connectivity index (χ0v) is 13.8. The first kappa shape index (κ1) is 16.4. The lowest BCUT2D eigenvalue weighted by atomic mass is 10.0. The first-order valence-electron chi connectivity index (χ1n) is 7.81. The molecule has 0 fully saturated rings. The van der Waals surface area contributed by atoms with Crippen LogP contribution in [-0.2, 0) is 0 Å². The molecule has 0 unspecified atom stereocenters. The maximum atomic E-state index is 10.3. The predicted molar refractivity (Wildman–Crippen MR) is 99.8 cm³/mol. The number of benzene rings is 1. The maximum Gasteiger partial charge on any atom is 0.125 e. The van der Waals surface area contributed by atoms with E-state index in [1.165, 1.54) is 6.20 Å². The molecule has 0 atom stereocenters. The zero-order chi connectivity index (χ0) is 17.8. The molecule has 0 spiro atoms. The highest BCUT2D eigenvalue weighted by atomic mass is 16.3. The third-order valence-corrected chi connectivity index (χ3v) is 4.01. The molecule has 25 heavy (non-hydrogen) atoms. The van der Waals surface area contributed by atoms with Gasteiger partial charge in [0.05, 0.1) is 11.4 Å². The molecule has 1 aromatic carbocycles. The molecule has 1 aliphatic heterocycles. The highest BCUT2D eigenvalue weighted by Gasteiger charge is 2.11. The van der Waals surface area contributed by atoms with Gasteiger partial charge in [0.15, 0.2) is 0 Å². The summed E-state index contributed by atoms with van der Waals surface area (Å²) >= 11 is 0. The molecule has 6 nitrogen and oxygen atoms in total. The molecular weight excluding hydrogens is 314 g/mol. The normalized spacial score (nSPS) is 14.4. The van der Waals surface area contributed by atoms with Gasteiger partial charge in [0, 0.05) is 42.7 Å². The van der Waals surface area contributed by atoms with Crippen molar-refractivity contribution in [3.63, 3.8) is 0 Å². The number of phenols is 1. The van der Waals surface area contributed by atoms with E-state index < -0.39 is 0 Å². The van der Waals surface area contributed by atoms with E-state index in [4.69, 9.17) is 11.1 Å². The Bertz CT molecular complexity index is 881. The number of allylic oxidation sites excluding steroid dienone is 3. The molecule has 6 heteroatoms. The number of hydrogen-bond acceptors (Lipinski definition) is 6. The van der Waals surface area contributed by atoms with Gasteiger partial charge in [0.2, 0.25) is 0 Å². The van der Waals surface area contributed by atoms with Crippen LogP contribution in [0.4, 0.5) is 0 Å². The van der Waals surface area contributed by atoms with Crippen molar-refractivity contribution in [2.24, 2.45) is 5.73 Å². The lowest BCUT2D eigenvalue weighted by Crippen LogP contribution is -2.13. The van der Waals surface area contributed by atoms with Crippen LogP contribution in [0.25, 0.3) is 22.4 Å². The van der Waals surface area contributed by atoms with Crippen LogP contribution in [0.1, 0.15) is 11.3 Å². The van der Waals surface area contributed by atoms with Crippen LogP contribution >= 0.6 is 0 Å². The number of phenolic OH excluding ortho intramolecular Hbond substituents is 1. The molecule has 2 aromatic rings. The lowest BCUT2D eigenvalue weighted by Gasteiger charge is -2.16. The molecule has 0 aliphatic carbocycles. The van der Waals surface area contributed by atoms with Crippen LogP contribution in [0.3, 0.4) is 0 Å². The van der Waals surface area contributed by atoms with Crippen LogP contribution in [-0.4, -0.2) is 40.0 Å². The van der Waals surface area contributed by atoms with Crippen LogP contribution < -0.4 is 5.73 Å². The summed E-state index contributed by atoms with van der Waals surface area (Å²) in [5, 5.41) is 26.1. The molecule has 0 saturated heterocycles. The summed E-state index contributed by atoms with van der Waals surface area (Å²) in [6, 6.07) is 8.82. The predicted octanol–water partition coefficient (Wildman–Crippen LogP) is 2.64. The van der Waals surface area contributed by atoms with Gasteiger partial charge in [-0.05, 0) is 42.1 Å². The van der Waals surface area contributed by atoms with Gasteiger partial charge in [0.1, 0.15) is 5.75 Å². The monoisotopic (exact) mass is 333 g/mol. The van der Waals surface area contributed by atoms with E-state index in [1.807, 2.05) is 31.5 Å². The topological polar surface area (TPSA) is 99.1 Å². The first-order valence-corrected chi connectivity index (χ1v) is 7.81. The molecule has 0 saturated carbocycles. The zero-order valence-electron chi connectivity index (χ0n) is 13.8. The molecule has 1 aromatic heterocycles. The van der Waals surface area contributed by atoms with E-state index in [1.54, 1.807) is 18.2 Å². The largest absolute Gasteiger partial charge is 0.507 e. The van der Waals surface area contributed by atoms with Gasteiger partial charge in [-0.1, -0.05) is 12.1 Å². The van der Waals surface area contributed by atoms with Crippen LogP contribution in [0, 0.1) is 5.41 Å². The Kier molecular flexibility index (Phi) is 4.61. The standard InChI is InChI=1S/C19H19N5O/c1-24-8-6-13(7-9-24)17-4-5-18(23-22-17)16-3-2-14(10-19(16)25)15(11-20)12-21/h2-8,10-12,20,25H,9,21H2,1H3/b15-12+,20-11?. The molecule has 3 rings (SSSR count). The number of nitrogens with zero attached hydrogens (tertiary/aromatic N) is 3. The van der Waals surface area contributed by atoms with Crippen molar-refractivity contribution in [3.8, 4) is 17.0 Å². The average molecular weight is 333 g/mol. The number of aromatic hydroxyl groups is 1. The molecule has 4 N–H and O–H groups in total. The number of aromatic nitrogens is 2. The summed E-state index contributed by atoms with van der Waals surface area (Å²) in [6.07, 6.45) is 8.57. The van der Waals surface area contributed by atoms with Crippen molar-refractivity contribution in [2.45, 2.75) is 0 Å². The summed E-state index contributed by atoms with van der Waals surface area (Å²) in [7, 11) is 2.01. The lowest BCUT2D eigenvalue weighted by molar-refractivity contribution is 0.477. The number of nitrogens with two attached hydrogens (primary N) is 1. The first-order chi connectivity index (χ1) is 12.1. The van der Waals surface area contributed by atoms with Gasteiger partial charge >= 0.3 is 0 Å². The summed E-state index contributed by atoms with van der Waals surface area (Å²) in [5.74, 6) is 0.0687. The van der Waals surface area contributed by atoms with E-state index in [0.29, 0.717) is 22.4 Å². The highest BCUT2D eigenvalue weighted by Crippen LogP contribution is 2.30. The summed E-state index contributed by atoms with van der Waals surface area (Å²) in [4.78, 5) is 2.07. The third kappa shape index (κ3) is 3.42.